The van der Waals surface area contributed by atoms with Crippen molar-refractivity contribution in [2.24, 2.45) is 0 Å². The van der Waals surface area contributed by atoms with Crippen molar-refractivity contribution in [2.75, 3.05) is 0 Å². The van der Waals surface area contributed by atoms with Crippen molar-refractivity contribution in [3.63, 3.8) is 0 Å². The van der Waals surface area contributed by atoms with Crippen molar-refractivity contribution in [3.05, 3.63) is 50.9 Å². The second-order valence-electron chi connectivity index (χ2n) is 4.36. The van der Waals surface area contributed by atoms with Gasteiger partial charge in [-0.25, -0.2) is 9.37 Å². The smallest absolute Gasteiger partial charge is 0.260 e. The van der Waals surface area contributed by atoms with Crippen LogP contribution in [0.4, 0.5) is 4.39 Å². The minimum absolute atomic E-state index is 0.217. The van der Waals surface area contributed by atoms with Crippen LogP contribution >= 0.6 is 11.3 Å². The van der Waals surface area contributed by atoms with Crippen LogP contribution in [-0.4, -0.2) is 9.97 Å². The number of benzene rings is 1. The number of aryl methyl sites for hydroxylation is 2. The van der Waals surface area contributed by atoms with Gasteiger partial charge >= 0.3 is 0 Å². The van der Waals surface area contributed by atoms with E-state index < -0.39 is 5.82 Å². The van der Waals surface area contributed by atoms with Crippen LogP contribution in [-0.2, 0) is 0 Å². The lowest BCUT2D eigenvalue weighted by Gasteiger charge is -2.02. The van der Waals surface area contributed by atoms with Gasteiger partial charge < -0.3 is 4.98 Å². The molecule has 0 fully saturated rings. The highest BCUT2D eigenvalue weighted by atomic mass is 32.1. The van der Waals surface area contributed by atoms with Gasteiger partial charge in [0, 0.05) is 4.88 Å². The van der Waals surface area contributed by atoms with Crippen molar-refractivity contribution in [1.29, 1.82) is 0 Å². The lowest BCUT2D eigenvalue weighted by atomic mass is 10.2. The van der Waals surface area contributed by atoms with E-state index >= 15 is 0 Å². The summed E-state index contributed by atoms with van der Waals surface area (Å²) in [5.41, 5.74) is 1.03. The summed E-state index contributed by atoms with van der Waals surface area (Å²) in [6.45, 7) is 3.84. The summed E-state index contributed by atoms with van der Waals surface area (Å²) in [7, 11) is 0. The molecule has 0 aliphatic rings. The third-order valence-electron chi connectivity index (χ3n) is 3.17. The summed E-state index contributed by atoms with van der Waals surface area (Å²) < 4.78 is 13.7. The summed E-state index contributed by atoms with van der Waals surface area (Å²) in [6, 6.07) is 6.28. The molecule has 3 nitrogen and oxygen atoms in total. The minimum atomic E-state index is -0.394. The van der Waals surface area contributed by atoms with Crippen LogP contribution in [0.25, 0.3) is 21.6 Å². The summed E-state index contributed by atoms with van der Waals surface area (Å²) in [5, 5.41) is 0.600. The average molecular weight is 274 g/mol. The summed E-state index contributed by atoms with van der Waals surface area (Å²) in [6.07, 6.45) is 0. The highest BCUT2D eigenvalue weighted by molar-refractivity contribution is 7.18. The number of halogens is 1. The molecule has 0 saturated heterocycles. The Morgan fingerprint density at radius 2 is 2.00 bits per heavy atom. The third kappa shape index (κ3) is 1.86. The van der Waals surface area contributed by atoms with E-state index in [0.29, 0.717) is 15.8 Å². The fourth-order valence-electron chi connectivity index (χ4n) is 2.04. The van der Waals surface area contributed by atoms with E-state index in [1.54, 1.807) is 18.2 Å². The number of nitrogens with one attached hydrogen (secondary N) is 1. The SMILES string of the molecule is Cc1sc2nc(-c3ccccc3F)[nH]c(=O)c2c1C. The van der Waals surface area contributed by atoms with E-state index in [4.69, 9.17) is 0 Å². The first kappa shape index (κ1) is 12.0. The predicted octanol–water partition coefficient (Wildman–Crippen LogP) is 3.41. The van der Waals surface area contributed by atoms with Gasteiger partial charge in [0.05, 0.1) is 10.9 Å². The molecule has 2 heterocycles. The van der Waals surface area contributed by atoms with E-state index in [-0.39, 0.29) is 11.4 Å². The number of aromatic nitrogens is 2. The fourth-order valence-corrected chi connectivity index (χ4v) is 3.07. The minimum Gasteiger partial charge on any atom is -0.306 e. The summed E-state index contributed by atoms with van der Waals surface area (Å²) in [5.74, 6) is -0.119. The quantitative estimate of drug-likeness (QED) is 0.739. The van der Waals surface area contributed by atoms with Crippen molar-refractivity contribution >= 4 is 21.6 Å². The van der Waals surface area contributed by atoms with Crippen LogP contribution < -0.4 is 5.56 Å². The lowest BCUT2D eigenvalue weighted by molar-refractivity contribution is 0.630. The van der Waals surface area contributed by atoms with E-state index in [0.717, 1.165) is 10.4 Å². The molecule has 3 aromatic rings. The van der Waals surface area contributed by atoms with Crippen LogP contribution in [0.3, 0.4) is 0 Å². The van der Waals surface area contributed by atoms with Crippen LogP contribution in [0.15, 0.2) is 29.1 Å². The largest absolute Gasteiger partial charge is 0.306 e. The molecule has 96 valence electrons. The predicted molar refractivity (Wildman–Crippen MR) is 75.1 cm³/mol. The average Bonchev–Trinajstić information content (AvgIpc) is 2.66. The number of rotatable bonds is 1. The zero-order valence-corrected chi connectivity index (χ0v) is 11.3. The van der Waals surface area contributed by atoms with Gasteiger partial charge in [0.15, 0.2) is 0 Å². The van der Waals surface area contributed by atoms with Gasteiger partial charge in [-0.2, -0.15) is 0 Å². The van der Waals surface area contributed by atoms with E-state index in [1.165, 1.54) is 17.4 Å². The van der Waals surface area contributed by atoms with Gasteiger partial charge in [0.2, 0.25) is 0 Å². The Labute approximate surface area is 112 Å². The van der Waals surface area contributed by atoms with E-state index in [1.807, 2.05) is 13.8 Å². The standard InChI is InChI=1S/C14H11FN2OS/c1-7-8(2)19-14-11(7)13(18)16-12(17-14)9-5-3-4-6-10(9)15/h3-6H,1-2H3,(H,16,17,18). The molecule has 0 radical (unpaired) electrons. The Hall–Kier alpha value is -2.01. The normalized spacial score (nSPS) is 11.1. The molecular formula is C14H11FN2OS. The van der Waals surface area contributed by atoms with Crippen LogP contribution in [0.2, 0.25) is 0 Å². The highest BCUT2D eigenvalue weighted by Gasteiger charge is 2.14. The number of hydrogen-bond acceptors (Lipinski definition) is 3. The van der Waals surface area contributed by atoms with Crippen molar-refractivity contribution in [2.45, 2.75) is 13.8 Å². The number of thiophene rings is 1. The molecule has 1 aromatic carbocycles. The van der Waals surface area contributed by atoms with Gasteiger partial charge in [-0.3, -0.25) is 4.79 Å². The molecule has 0 aliphatic carbocycles. The molecule has 5 heteroatoms. The maximum absolute atomic E-state index is 13.7. The Bertz CT molecular complexity index is 835. The zero-order chi connectivity index (χ0) is 13.6. The molecule has 0 amide bonds. The van der Waals surface area contributed by atoms with Gasteiger partial charge in [0.1, 0.15) is 16.5 Å². The topological polar surface area (TPSA) is 45.8 Å². The molecule has 0 spiro atoms. The van der Waals surface area contributed by atoms with Crippen molar-refractivity contribution in [3.8, 4) is 11.4 Å². The summed E-state index contributed by atoms with van der Waals surface area (Å²) in [4.78, 5) is 20.8. The Kier molecular flexibility index (Phi) is 2.71. The van der Waals surface area contributed by atoms with Gasteiger partial charge in [-0.1, -0.05) is 12.1 Å². The van der Waals surface area contributed by atoms with E-state index in [9.17, 15) is 9.18 Å². The zero-order valence-electron chi connectivity index (χ0n) is 10.5. The Morgan fingerprint density at radius 3 is 2.74 bits per heavy atom. The fraction of sp³-hybridized carbons (Fsp3) is 0.143. The number of aromatic amines is 1. The molecule has 0 saturated carbocycles. The number of H-pyrrole nitrogens is 1. The van der Waals surface area contributed by atoms with Gasteiger partial charge in [0.25, 0.3) is 5.56 Å². The molecule has 2 aromatic heterocycles. The Morgan fingerprint density at radius 1 is 1.26 bits per heavy atom. The molecular weight excluding hydrogens is 263 g/mol. The maximum Gasteiger partial charge on any atom is 0.260 e. The van der Waals surface area contributed by atoms with Crippen molar-refractivity contribution in [1.82, 2.24) is 9.97 Å². The molecule has 0 atom stereocenters. The van der Waals surface area contributed by atoms with Crippen molar-refractivity contribution < 1.29 is 4.39 Å². The first-order chi connectivity index (χ1) is 9.08. The van der Waals surface area contributed by atoms with Crippen LogP contribution in [0.1, 0.15) is 10.4 Å². The molecule has 3 rings (SSSR count). The monoisotopic (exact) mass is 274 g/mol. The molecule has 0 unspecified atom stereocenters. The second-order valence-corrected chi connectivity index (χ2v) is 5.56. The number of fused-ring (bicyclic) bond motifs is 1. The van der Waals surface area contributed by atoms with Gasteiger partial charge in [-0.15, -0.1) is 11.3 Å². The Balaban J connectivity index is 2.34. The molecule has 19 heavy (non-hydrogen) atoms. The number of hydrogen-bond donors (Lipinski definition) is 1. The van der Waals surface area contributed by atoms with Gasteiger partial charge in [-0.05, 0) is 31.5 Å². The lowest BCUT2D eigenvalue weighted by Crippen LogP contribution is -2.09. The third-order valence-corrected chi connectivity index (χ3v) is 4.27. The summed E-state index contributed by atoms with van der Waals surface area (Å²) >= 11 is 1.45. The molecule has 1 N–H and O–H groups in total. The highest BCUT2D eigenvalue weighted by Crippen LogP contribution is 2.27. The van der Waals surface area contributed by atoms with Crippen LogP contribution in [0, 0.1) is 19.7 Å². The second kappa shape index (κ2) is 4.28. The van der Waals surface area contributed by atoms with Crippen LogP contribution in [0.5, 0.6) is 0 Å². The maximum atomic E-state index is 13.7. The molecule has 0 bridgehead atoms. The number of nitrogens with zero attached hydrogens (tertiary/aromatic N) is 1. The first-order valence-corrected chi connectivity index (χ1v) is 6.64. The van der Waals surface area contributed by atoms with E-state index in [2.05, 4.69) is 9.97 Å². The molecule has 0 aliphatic heterocycles. The first-order valence-electron chi connectivity index (χ1n) is 5.83.